The number of allylic oxidation sites excluding steroid dienone is 1. The van der Waals surface area contributed by atoms with Crippen LogP contribution in [-0.4, -0.2) is 12.0 Å². The van der Waals surface area contributed by atoms with Crippen LogP contribution in [0.25, 0.3) is 0 Å². The molecule has 1 aliphatic heterocycles. The van der Waals surface area contributed by atoms with Crippen molar-refractivity contribution in [2.75, 3.05) is 12.4 Å². The molecule has 0 fully saturated rings. The summed E-state index contributed by atoms with van der Waals surface area (Å²) < 4.78 is 0. The van der Waals surface area contributed by atoms with Crippen molar-refractivity contribution in [3.8, 4) is 0 Å². The minimum absolute atomic E-state index is 0.114. The largest absolute Gasteiger partial charge is 0.398 e. The second-order valence-corrected chi connectivity index (χ2v) is 3.37. The lowest BCUT2D eigenvalue weighted by molar-refractivity contribution is 0.714. The smallest absolute Gasteiger partial charge is 0.0869 e. The Balaban J connectivity index is 2.14. The third-order valence-electron chi connectivity index (χ3n) is 2.30. The number of pyridine rings is 1. The van der Waals surface area contributed by atoms with Crippen LogP contribution in [0.2, 0.25) is 0 Å². The summed E-state index contributed by atoms with van der Waals surface area (Å²) in [4.78, 5) is 4.35. The van der Waals surface area contributed by atoms with E-state index in [2.05, 4.69) is 15.6 Å². The van der Waals surface area contributed by atoms with E-state index in [9.17, 15) is 0 Å². The van der Waals surface area contributed by atoms with E-state index in [-0.39, 0.29) is 6.04 Å². The van der Waals surface area contributed by atoms with Gasteiger partial charge in [0.25, 0.3) is 0 Å². The molecule has 1 atom stereocenters. The molecular formula is C11H14N4. The normalized spacial score (nSPS) is 19.3. The minimum atomic E-state index is 0.114. The highest BCUT2D eigenvalue weighted by Gasteiger charge is 2.09. The van der Waals surface area contributed by atoms with Crippen LogP contribution < -0.4 is 16.4 Å². The Morgan fingerprint density at radius 3 is 2.87 bits per heavy atom. The zero-order valence-corrected chi connectivity index (χ0v) is 8.57. The van der Waals surface area contributed by atoms with E-state index in [1.165, 1.54) is 0 Å². The lowest BCUT2D eigenvalue weighted by atomic mass is 10.1. The van der Waals surface area contributed by atoms with Crippen molar-refractivity contribution in [3.63, 3.8) is 0 Å². The highest BCUT2D eigenvalue weighted by Crippen LogP contribution is 2.16. The van der Waals surface area contributed by atoms with Crippen LogP contribution in [0.3, 0.4) is 0 Å². The Hall–Kier alpha value is -1.97. The van der Waals surface area contributed by atoms with Gasteiger partial charge in [-0.2, -0.15) is 0 Å². The van der Waals surface area contributed by atoms with Gasteiger partial charge in [-0.25, -0.2) is 0 Å². The van der Waals surface area contributed by atoms with Crippen LogP contribution in [-0.2, 0) is 0 Å². The molecule has 4 heteroatoms. The first-order valence-electron chi connectivity index (χ1n) is 4.83. The number of nitrogens with zero attached hydrogens (tertiary/aromatic N) is 1. The molecule has 0 saturated heterocycles. The number of nitrogens with one attached hydrogen (secondary N) is 2. The molecule has 15 heavy (non-hydrogen) atoms. The van der Waals surface area contributed by atoms with Crippen molar-refractivity contribution in [1.29, 1.82) is 0 Å². The topological polar surface area (TPSA) is 63.0 Å². The molecule has 4 N–H and O–H groups in total. The minimum Gasteiger partial charge on any atom is -0.398 e. The van der Waals surface area contributed by atoms with Crippen LogP contribution in [0.1, 0.15) is 11.7 Å². The van der Waals surface area contributed by atoms with Gasteiger partial charge in [0.05, 0.1) is 23.6 Å². The fourth-order valence-electron chi connectivity index (χ4n) is 1.42. The Labute approximate surface area is 88.9 Å². The molecule has 1 aliphatic rings. The number of rotatable bonds is 2. The number of aromatic nitrogens is 1. The van der Waals surface area contributed by atoms with Crippen LogP contribution in [0.4, 0.5) is 5.69 Å². The van der Waals surface area contributed by atoms with E-state index in [4.69, 9.17) is 5.73 Å². The second kappa shape index (κ2) is 4.04. The van der Waals surface area contributed by atoms with Gasteiger partial charge in [0.15, 0.2) is 0 Å². The van der Waals surface area contributed by atoms with Crippen molar-refractivity contribution < 1.29 is 0 Å². The zero-order chi connectivity index (χ0) is 10.7. The average Bonchev–Trinajstić information content (AvgIpc) is 2.30. The summed E-state index contributed by atoms with van der Waals surface area (Å²) >= 11 is 0. The maximum Gasteiger partial charge on any atom is 0.0869 e. The van der Waals surface area contributed by atoms with Gasteiger partial charge in [-0.3, -0.25) is 4.98 Å². The van der Waals surface area contributed by atoms with Gasteiger partial charge in [-0.1, -0.05) is 6.08 Å². The van der Waals surface area contributed by atoms with Gasteiger partial charge >= 0.3 is 0 Å². The van der Waals surface area contributed by atoms with Crippen LogP contribution in [0, 0.1) is 0 Å². The molecule has 0 bridgehead atoms. The highest BCUT2D eigenvalue weighted by molar-refractivity contribution is 5.41. The Morgan fingerprint density at radius 1 is 1.47 bits per heavy atom. The molecule has 2 rings (SSSR count). The molecule has 1 unspecified atom stereocenters. The Bertz CT molecular complexity index is 392. The molecule has 2 heterocycles. The van der Waals surface area contributed by atoms with Gasteiger partial charge in [0.2, 0.25) is 0 Å². The SMILES string of the molecule is CNc1ccc(C2C=CC(N)=CN2)nc1. The summed E-state index contributed by atoms with van der Waals surface area (Å²) in [5, 5.41) is 6.20. The predicted molar refractivity (Wildman–Crippen MR) is 61.1 cm³/mol. The van der Waals surface area contributed by atoms with Gasteiger partial charge < -0.3 is 16.4 Å². The number of hydrogen-bond donors (Lipinski definition) is 3. The monoisotopic (exact) mass is 202 g/mol. The summed E-state index contributed by atoms with van der Waals surface area (Å²) in [6, 6.07) is 4.10. The number of dihydropyridines is 1. The standard InChI is InChI=1S/C11H14N4/c1-13-9-3-5-11(15-7-9)10-4-2-8(12)6-14-10/h2-7,10,13-14H,12H2,1H3. The summed E-state index contributed by atoms with van der Waals surface area (Å²) in [5.41, 5.74) is 8.32. The number of anilines is 1. The highest BCUT2D eigenvalue weighted by atomic mass is 14.9. The molecule has 78 valence electrons. The zero-order valence-electron chi connectivity index (χ0n) is 8.57. The molecule has 1 aromatic rings. The molecule has 1 aromatic heterocycles. The second-order valence-electron chi connectivity index (χ2n) is 3.37. The third kappa shape index (κ3) is 2.10. The van der Waals surface area contributed by atoms with Crippen LogP contribution in [0.15, 0.2) is 42.4 Å². The number of hydrogen-bond acceptors (Lipinski definition) is 4. The van der Waals surface area contributed by atoms with Gasteiger partial charge in [0, 0.05) is 18.9 Å². The first-order chi connectivity index (χ1) is 7.29. The van der Waals surface area contributed by atoms with Crippen LogP contribution in [0.5, 0.6) is 0 Å². The first-order valence-corrected chi connectivity index (χ1v) is 4.83. The van der Waals surface area contributed by atoms with Crippen molar-refractivity contribution in [2.24, 2.45) is 5.73 Å². The Kier molecular flexibility index (Phi) is 2.58. The Morgan fingerprint density at radius 2 is 2.33 bits per heavy atom. The predicted octanol–water partition coefficient (Wildman–Crippen LogP) is 1.12. The molecule has 0 saturated carbocycles. The molecule has 4 nitrogen and oxygen atoms in total. The quantitative estimate of drug-likeness (QED) is 0.672. The van der Waals surface area contributed by atoms with E-state index < -0.39 is 0 Å². The number of nitrogens with two attached hydrogens (primary N) is 1. The van der Waals surface area contributed by atoms with Crippen LogP contribution >= 0.6 is 0 Å². The van der Waals surface area contributed by atoms with Crippen molar-refractivity contribution in [3.05, 3.63) is 48.1 Å². The molecule has 0 spiro atoms. The van der Waals surface area contributed by atoms with E-state index in [1.807, 2.05) is 37.5 Å². The summed E-state index contributed by atoms with van der Waals surface area (Å²) in [7, 11) is 1.87. The van der Waals surface area contributed by atoms with E-state index >= 15 is 0 Å². The molecular weight excluding hydrogens is 188 g/mol. The maximum absolute atomic E-state index is 5.60. The maximum atomic E-state index is 5.60. The van der Waals surface area contributed by atoms with E-state index in [0.29, 0.717) is 0 Å². The molecule has 0 radical (unpaired) electrons. The molecule has 0 aromatic carbocycles. The fourth-order valence-corrected chi connectivity index (χ4v) is 1.42. The summed E-state index contributed by atoms with van der Waals surface area (Å²) in [6.07, 6.45) is 7.48. The lowest BCUT2D eigenvalue weighted by Gasteiger charge is -2.16. The van der Waals surface area contributed by atoms with Crippen molar-refractivity contribution in [1.82, 2.24) is 10.3 Å². The van der Waals surface area contributed by atoms with Gasteiger partial charge in [-0.05, 0) is 18.2 Å². The molecule has 0 amide bonds. The van der Waals surface area contributed by atoms with Gasteiger partial charge in [0.1, 0.15) is 0 Å². The summed E-state index contributed by atoms with van der Waals surface area (Å²) in [6.45, 7) is 0. The van der Waals surface area contributed by atoms with Crippen molar-refractivity contribution in [2.45, 2.75) is 6.04 Å². The van der Waals surface area contributed by atoms with Crippen molar-refractivity contribution >= 4 is 5.69 Å². The van der Waals surface area contributed by atoms with E-state index in [0.717, 1.165) is 17.1 Å². The summed E-state index contributed by atoms with van der Waals surface area (Å²) in [5.74, 6) is 0. The van der Waals surface area contributed by atoms with Gasteiger partial charge in [-0.15, -0.1) is 0 Å². The van der Waals surface area contributed by atoms with E-state index in [1.54, 1.807) is 6.20 Å². The average molecular weight is 202 g/mol. The lowest BCUT2D eigenvalue weighted by Crippen LogP contribution is -2.19. The third-order valence-corrected chi connectivity index (χ3v) is 2.30. The molecule has 0 aliphatic carbocycles. The fraction of sp³-hybridized carbons (Fsp3) is 0.182. The first kappa shape index (κ1) is 9.58.